The van der Waals surface area contributed by atoms with Crippen LogP contribution in [0.2, 0.25) is 0 Å². The summed E-state index contributed by atoms with van der Waals surface area (Å²) < 4.78 is 17.8. The first-order valence-electron chi connectivity index (χ1n) is 11.6. The van der Waals surface area contributed by atoms with Gasteiger partial charge in [0.2, 0.25) is 0 Å². The fraction of sp³-hybridized carbons (Fsp3) is 0.0345. The van der Waals surface area contributed by atoms with E-state index >= 15 is 0 Å². The summed E-state index contributed by atoms with van der Waals surface area (Å²) in [6, 6.07) is 25.5. The molecule has 0 aliphatic rings. The smallest absolute Gasteiger partial charge is 0.414 e. The summed E-state index contributed by atoms with van der Waals surface area (Å²) in [6.07, 6.45) is 9.32. The number of carbonyl (C=O) groups is 2. The molecule has 0 spiro atoms. The van der Waals surface area contributed by atoms with Crippen molar-refractivity contribution < 1.29 is 24.2 Å². The maximum absolute atomic E-state index is 13.6. The van der Waals surface area contributed by atoms with Crippen LogP contribution in [-0.2, 0) is 9.59 Å². The lowest BCUT2D eigenvalue weighted by molar-refractivity contribution is -0.159. The summed E-state index contributed by atoms with van der Waals surface area (Å²) in [5, 5.41) is 15.9. The predicted molar refractivity (Wildman–Crippen MR) is 139 cm³/mol. The van der Waals surface area contributed by atoms with Crippen LogP contribution in [0.1, 0.15) is 17.2 Å². The molecule has 0 saturated heterocycles. The number of benzene rings is 3. The number of imidazole rings is 2. The summed E-state index contributed by atoms with van der Waals surface area (Å²) in [4.78, 5) is 27.0. The van der Waals surface area contributed by atoms with Gasteiger partial charge in [-0.1, -0.05) is 48.5 Å². The maximum Gasteiger partial charge on any atom is 0.414 e. The van der Waals surface area contributed by atoms with E-state index in [0.717, 1.165) is 38.8 Å². The van der Waals surface area contributed by atoms with Crippen molar-refractivity contribution in [3.8, 4) is 11.1 Å². The van der Waals surface area contributed by atoms with Crippen molar-refractivity contribution in [2.75, 3.05) is 0 Å². The van der Waals surface area contributed by atoms with E-state index < -0.39 is 11.9 Å². The lowest BCUT2D eigenvalue weighted by Crippen LogP contribution is -2.11. The predicted octanol–water partition coefficient (Wildman–Crippen LogP) is 5.28. The fourth-order valence-electron chi connectivity index (χ4n) is 4.44. The van der Waals surface area contributed by atoms with Gasteiger partial charge < -0.3 is 14.8 Å². The first-order chi connectivity index (χ1) is 18.4. The molecule has 1 unspecified atom stereocenters. The zero-order valence-corrected chi connectivity index (χ0v) is 19.8. The number of aliphatic carboxylic acids is 2. The van der Waals surface area contributed by atoms with Crippen molar-refractivity contribution in [1.29, 1.82) is 0 Å². The minimum Gasteiger partial charge on any atom is -0.473 e. The Labute approximate surface area is 215 Å². The van der Waals surface area contributed by atoms with Gasteiger partial charge in [-0.05, 0) is 52.6 Å². The molecule has 0 saturated carbocycles. The second-order valence-electron chi connectivity index (χ2n) is 8.43. The van der Waals surface area contributed by atoms with E-state index in [9.17, 15) is 4.39 Å². The third kappa shape index (κ3) is 4.85. The summed E-state index contributed by atoms with van der Waals surface area (Å²) >= 11 is 0. The standard InChI is InChI=1S/C27H19FN4.C2H2O4/c28-22-9-6-20(7-10-22)27(31-14-12-29-18-31)21-8-11-25-24(16-21)23(19-4-2-1-3-5-19)17-26-30-13-15-32(25)26;3-1(4)2(5)6/h1-18,27H;(H,3,4)(H,5,6). The quantitative estimate of drug-likeness (QED) is 0.314. The maximum atomic E-state index is 13.6. The number of nitrogens with zero attached hydrogens (tertiary/aromatic N) is 4. The van der Waals surface area contributed by atoms with Gasteiger partial charge in [0.25, 0.3) is 0 Å². The largest absolute Gasteiger partial charge is 0.473 e. The third-order valence-electron chi connectivity index (χ3n) is 6.11. The number of fused-ring (bicyclic) bond motifs is 3. The molecule has 188 valence electrons. The highest BCUT2D eigenvalue weighted by Crippen LogP contribution is 2.34. The van der Waals surface area contributed by atoms with Gasteiger partial charge in [-0.25, -0.2) is 23.9 Å². The molecule has 2 N–H and O–H groups in total. The Morgan fingerprint density at radius 3 is 2.18 bits per heavy atom. The van der Waals surface area contributed by atoms with Crippen molar-refractivity contribution in [3.05, 3.63) is 127 Å². The molecule has 3 heterocycles. The number of carboxylic acid groups (broad SMARTS) is 2. The molecule has 0 aliphatic carbocycles. The molecule has 0 bridgehead atoms. The highest BCUT2D eigenvalue weighted by molar-refractivity contribution is 6.27. The molecule has 0 aliphatic heterocycles. The normalized spacial score (nSPS) is 11.6. The average Bonchev–Trinajstić information content (AvgIpc) is 3.63. The Balaban J connectivity index is 0.000000443. The minimum atomic E-state index is -1.82. The number of carboxylic acids is 2. The van der Waals surface area contributed by atoms with Gasteiger partial charge >= 0.3 is 11.9 Å². The lowest BCUT2D eigenvalue weighted by Gasteiger charge is -2.21. The van der Waals surface area contributed by atoms with E-state index in [1.54, 1.807) is 12.5 Å². The molecule has 0 radical (unpaired) electrons. The van der Waals surface area contributed by atoms with Crippen LogP contribution in [0, 0.1) is 5.82 Å². The Hall–Kier alpha value is -5.31. The first-order valence-corrected chi connectivity index (χ1v) is 11.6. The Bertz CT molecular complexity index is 1720. The topological polar surface area (TPSA) is 110 Å². The lowest BCUT2D eigenvalue weighted by atomic mass is 9.94. The monoisotopic (exact) mass is 508 g/mol. The first kappa shape index (κ1) is 24.4. The van der Waals surface area contributed by atoms with Crippen molar-refractivity contribution >= 4 is 28.5 Å². The van der Waals surface area contributed by atoms with Gasteiger partial charge in [0.1, 0.15) is 11.5 Å². The van der Waals surface area contributed by atoms with Crippen LogP contribution in [0.25, 0.3) is 27.7 Å². The van der Waals surface area contributed by atoms with Crippen LogP contribution in [-0.4, -0.2) is 41.1 Å². The van der Waals surface area contributed by atoms with Gasteiger partial charge in [0.05, 0.1) is 17.9 Å². The minimum absolute atomic E-state index is 0.121. The van der Waals surface area contributed by atoms with Crippen LogP contribution in [0.3, 0.4) is 0 Å². The van der Waals surface area contributed by atoms with E-state index in [4.69, 9.17) is 19.8 Å². The number of aromatic nitrogens is 4. The zero-order valence-electron chi connectivity index (χ0n) is 19.8. The third-order valence-corrected chi connectivity index (χ3v) is 6.11. The molecule has 3 aromatic heterocycles. The second-order valence-corrected chi connectivity index (χ2v) is 8.43. The van der Waals surface area contributed by atoms with Gasteiger partial charge in [-0.2, -0.15) is 0 Å². The number of hydrogen-bond acceptors (Lipinski definition) is 4. The SMILES string of the molecule is Fc1ccc(C(c2ccc3c(c2)c(-c2ccccc2)cc2nccn23)n2ccnc2)cc1.O=C(O)C(=O)O. The average molecular weight is 509 g/mol. The van der Waals surface area contributed by atoms with Crippen LogP contribution >= 0.6 is 0 Å². The molecule has 0 amide bonds. The van der Waals surface area contributed by atoms with Crippen LogP contribution in [0.4, 0.5) is 4.39 Å². The number of rotatable bonds is 4. The van der Waals surface area contributed by atoms with Gasteiger partial charge in [0, 0.05) is 30.2 Å². The number of hydrogen-bond donors (Lipinski definition) is 2. The van der Waals surface area contributed by atoms with E-state index in [1.807, 2.05) is 53.5 Å². The Kier molecular flexibility index (Phi) is 6.65. The highest BCUT2D eigenvalue weighted by atomic mass is 19.1. The number of halogens is 1. The Morgan fingerprint density at radius 1 is 0.816 bits per heavy atom. The summed E-state index contributed by atoms with van der Waals surface area (Å²) in [5.41, 5.74) is 6.36. The van der Waals surface area contributed by atoms with E-state index in [2.05, 4.69) is 50.8 Å². The van der Waals surface area contributed by atoms with E-state index in [0.29, 0.717) is 0 Å². The molecular weight excluding hydrogens is 487 g/mol. The molecule has 8 nitrogen and oxygen atoms in total. The molecule has 3 aromatic carbocycles. The highest BCUT2D eigenvalue weighted by Gasteiger charge is 2.18. The van der Waals surface area contributed by atoms with Crippen molar-refractivity contribution in [3.63, 3.8) is 0 Å². The summed E-state index contributed by atoms with van der Waals surface area (Å²) in [6.45, 7) is 0. The number of pyridine rings is 1. The van der Waals surface area contributed by atoms with Gasteiger partial charge in [-0.3, -0.25) is 4.40 Å². The van der Waals surface area contributed by atoms with Crippen molar-refractivity contribution in [2.45, 2.75) is 6.04 Å². The molecular formula is C29H21FN4O4. The van der Waals surface area contributed by atoms with Gasteiger partial charge in [0.15, 0.2) is 0 Å². The second kappa shape index (κ2) is 10.4. The van der Waals surface area contributed by atoms with E-state index in [-0.39, 0.29) is 11.9 Å². The molecule has 1 atom stereocenters. The zero-order chi connectivity index (χ0) is 26.6. The molecule has 6 aromatic rings. The molecule has 6 rings (SSSR count). The molecule has 0 fully saturated rings. The van der Waals surface area contributed by atoms with Crippen molar-refractivity contribution in [2.24, 2.45) is 0 Å². The van der Waals surface area contributed by atoms with Crippen LogP contribution < -0.4 is 0 Å². The van der Waals surface area contributed by atoms with E-state index in [1.165, 1.54) is 12.1 Å². The summed E-state index contributed by atoms with van der Waals surface area (Å²) in [5.74, 6) is -3.89. The summed E-state index contributed by atoms with van der Waals surface area (Å²) in [7, 11) is 0. The fourth-order valence-corrected chi connectivity index (χ4v) is 4.44. The van der Waals surface area contributed by atoms with Crippen molar-refractivity contribution in [1.82, 2.24) is 18.9 Å². The molecule has 38 heavy (non-hydrogen) atoms. The van der Waals surface area contributed by atoms with Crippen LogP contribution in [0.5, 0.6) is 0 Å². The molecule has 9 heteroatoms. The van der Waals surface area contributed by atoms with Gasteiger partial charge in [-0.15, -0.1) is 0 Å². The van der Waals surface area contributed by atoms with Crippen LogP contribution in [0.15, 0.2) is 110 Å². The Morgan fingerprint density at radius 2 is 1.53 bits per heavy atom.